The second-order valence-electron chi connectivity index (χ2n) is 5.21. The highest BCUT2D eigenvalue weighted by Gasteiger charge is 2.21. The molecule has 2 amide bonds. The zero-order valence-electron chi connectivity index (χ0n) is 12.3. The number of carbonyl (C=O) groups excluding carboxylic acids is 2. The summed E-state index contributed by atoms with van der Waals surface area (Å²) in [7, 11) is 0. The molecule has 0 bridgehead atoms. The number of anilines is 1. The van der Waals surface area contributed by atoms with Gasteiger partial charge < -0.3 is 15.5 Å². The van der Waals surface area contributed by atoms with E-state index in [0.717, 1.165) is 25.9 Å². The van der Waals surface area contributed by atoms with Gasteiger partial charge in [0.1, 0.15) is 0 Å². The van der Waals surface area contributed by atoms with Crippen LogP contribution in [0.1, 0.15) is 19.8 Å². The van der Waals surface area contributed by atoms with Crippen molar-refractivity contribution in [3.63, 3.8) is 0 Å². The maximum atomic E-state index is 11.5. The van der Waals surface area contributed by atoms with E-state index in [1.807, 2.05) is 12.1 Å². The van der Waals surface area contributed by atoms with Gasteiger partial charge in [-0.3, -0.25) is 14.6 Å². The summed E-state index contributed by atoms with van der Waals surface area (Å²) in [5.41, 5.74) is 1.19. The predicted molar refractivity (Wildman–Crippen MR) is 80.9 cm³/mol. The van der Waals surface area contributed by atoms with Crippen LogP contribution < -0.4 is 15.5 Å². The molecule has 1 saturated heterocycles. The number of carbonyl (C=O) groups is 2. The van der Waals surface area contributed by atoms with Gasteiger partial charge in [-0.05, 0) is 37.8 Å². The van der Waals surface area contributed by atoms with E-state index < -0.39 is 11.8 Å². The van der Waals surface area contributed by atoms with Crippen LogP contribution in [0.25, 0.3) is 0 Å². The normalized spacial score (nSPS) is 15.6. The summed E-state index contributed by atoms with van der Waals surface area (Å²) in [6.07, 6.45) is 5.62. The number of rotatable bonds is 4. The summed E-state index contributed by atoms with van der Waals surface area (Å²) in [6, 6.07) is 4.02. The van der Waals surface area contributed by atoms with Crippen LogP contribution in [0, 0.1) is 5.92 Å². The maximum absolute atomic E-state index is 11.5. The molecule has 2 rings (SSSR count). The average Bonchev–Trinajstić information content (AvgIpc) is 2.54. The lowest BCUT2D eigenvalue weighted by Crippen LogP contribution is -2.43. The first kappa shape index (κ1) is 15.3. The standard InChI is InChI=1S/C15H22N4O2/c1-2-17-14(20)15(21)18-11-12-5-9-19(10-6-12)13-3-7-16-8-4-13/h3-4,7-8,12H,2,5-6,9-11H2,1H3,(H,17,20)(H,18,21). The quantitative estimate of drug-likeness (QED) is 0.794. The molecule has 2 N–H and O–H groups in total. The average molecular weight is 290 g/mol. The fourth-order valence-corrected chi connectivity index (χ4v) is 2.51. The van der Waals surface area contributed by atoms with Crippen molar-refractivity contribution in [3.8, 4) is 0 Å². The molecular weight excluding hydrogens is 268 g/mol. The number of pyridine rings is 1. The molecule has 2 heterocycles. The Morgan fingerprint density at radius 3 is 2.43 bits per heavy atom. The summed E-state index contributed by atoms with van der Waals surface area (Å²) < 4.78 is 0. The van der Waals surface area contributed by atoms with Crippen molar-refractivity contribution in [2.75, 3.05) is 31.1 Å². The Hall–Kier alpha value is -2.11. The molecule has 1 aromatic rings. The third kappa shape index (κ3) is 4.44. The Balaban J connectivity index is 1.72. The van der Waals surface area contributed by atoms with Gasteiger partial charge in [0.15, 0.2) is 0 Å². The molecule has 6 heteroatoms. The van der Waals surface area contributed by atoms with E-state index in [4.69, 9.17) is 0 Å². The number of hydrogen-bond acceptors (Lipinski definition) is 4. The van der Waals surface area contributed by atoms with Gasteiger partial charge in [-0.25, -0.2) is 0 Å². The van der Waals surface area contributed by atoms with Gasteiger partial charge in [0, 0.05) is 44.3 Å². The van der Waals surface area contributed by atoms with Crippen LogP contribution in [0.4, 0.5) is 5.69 Å². The molecule has 0 radical (unpaired) electrons. The molecule has 0 unspecified atom stereocenters. The Labute approximate surface area is 124 Å². The molecular formula is C15H22N4O2. The van der Waals surface area contributed by atoms with Gasteiger partial charge in [0.2, 0.25) is 0 Å². The number of amides is 2. The summed E-state index contributed by atoms with van der Waals surface area (Å²) in [5, 5.41) is 5.21. The molecule has 1 aliphatic heterocycles. The number of aromatic nitrogens is 1. The van der Waals surface area contributed by atoms with E-state index in [1.54, 1.807) is 19.3 Å². The van der Waals surface area contributed by atoms with Crippen molar-refractivity contribution < 1.29 is 9.59 Å². The van der Waals surface area contributed by atoms with Gasteiger partial charge in [-0.15, -0.1) is 0 Å². The lowest BCUT2D eigenvalue weighted by Gasteiger charge is -2.33. The Bertz CT molecular complexity index is 470. The maximum Gasteiger partial charge on any atom is 0.309 e. The second-order valence-corrected chi connectivity index (χ2v) is 5.21. The number of nitrogens with zero attached hydrogens (tertiary/aromatic N) is 2. The second kappa shape index (κ2) is 7.61. The molecule has 0 saturated carbocycles. The minimum absolute atomic E-state index is 0.432. The summed E-state index contributed by atoms with van der Waals surface area (Å²) in [5.74, 6) is -0.651. The lowest BCUT2D eigenvalue weighted by molar-refractivity contribution is -0.139. The Morgan fingerprint density at radius 1 is 1.19 bits per heavy atom. The van der Waals surface area contributed by atoms with Crippen molar-refractivity contribution in [1.29, 1.82) is 0 Å². The topological polar surface area (TPSA) is 74.3 Å². The number of likely N-dealkylation sites (N-methyl/N-ethyl adjacent to an activating group) is 1. The monoisotopic (exact) mass is 290 g/mol. The molecule has 21 heavy (non-hydrogen) atoms. The van der Waals surface area contributed by atoms with Crippen LogP contribution in [-0.4, -0.2) is 43.0 Å². The molecule has 0 aliphatic carbocycles. The molecule has 6 nitrogen and oxygen atoms in total. The SMILES string of the molecule is CCNC(=O)C(=O)NCC1CCN(c2ccncc2)CC1. The fraction of sp³-hybridized carbons (Fsp3) is 0.533. The zero-order valence-corrected chi connectivity index (χ0v) is 12.3. The lowest BCUT2D eigenvalue weighted by atomic mass is 9.96. The van der Waals surface area contributed by atoms with Crippen LogP contribution in [0.2, 0.25) is 0 Å². The molecule has 1 fully saturated rings. The smallest absolute Gasteiger partial charge is 0.309 e. The fourth-order valence-electron chi connectivity index (χ4n) is 2.51. The van der Waals surface area contributed by atoms with E-state index in [9.17, 15) is 9.59 Å². The van der Waals surface area contributed by atoms with Gasteiger partial charge >= 0.3 is 11.8 Å². The third-order valence-electron chi connectivity index (χ3n) is 3.74. The van der Waals surface area contributed by atoms with Crippen molar-refractivity contribution in [1.82, 2.24) is 15.6 Å². The first-order valence-electron chi connectivity index (χ1n) is 7.41. The van der Waals surface area contributed by atoms with Crippen molar-refractivity contribution in [2.45, 2.75) is 19.8 Å². The molecule has 1 aliphatic rings. The van der Waals surface area contributed by atoms with E-state index >= 15 is 0 Å². The van der Waals surface area contributed by atoms with Crippen molar-refractivity contribution in [2.24, 2.45) is 5.92 Å². The van der Waals surface area contributed by atoms with Gasteiger partial charge in [-0.2, -0.15) is 0 Å². The van der Waals surface area contributed by atoms with E-state index in [1.165, 1.54) is 5.69 Å². The summed E-state index contributed by atoms with van der Waals surface area (Å²) in [4.78, 5) is 29.2. The van der Waals surface area contributed by atoms with Crippen LogP contribution in [0.3, 0.4) is 0 Å². The summed E-state index contributed by atoms with van der Waals surface area (Å²) in [6.45, 7) is 4.76. The third-order valence-corrected chi connectivity index (χ3v) is 3.74. The van der Waals surface area contributed by atoms with Crippen LogP contribution in [-0.2, 0) is 9.59 Å². The van der Waals surface area contributed by atoms with Gasteiger partial charge in [0.25, 0.3) is 0 Å². The van der Waals surface area contributed by atoms with Crippen LogP contribution >= 0.6 is 0 Å². The molecule has 0 atom stereocenters. The van der Waals surface area contributed by atoms with Crippen LogP contribution in [0.5, 0.6) is 0 Å². The number of piperidine rings is 1. The first-order valence-corrected chi connectivity index (χ1v) is 7.41. The van der Waals surface area contributed by atoms with E-state index in [2.05, 4.69) is 20.5 Å². The molecule has 0 spiro atoms. The first-order chi connectivity index (χ1) is 10.2. The Kier molecular flexibility index (Phi) is 5.54. The molecule has 1 aromatic heterocycles. The highest BCUT2D eigenvalue weighted by Crippen LogP contribution is 2.22. The molecule has 114 valence electrons. The predicted octanol–water partition coefficient (Wildman–Crippen LogP) is 0.550. The zero-order chi connectivity index (χ0) is 15.1. The Morgan fingerprint density at radius 2 is 1.81 bits per heavy atom. The summed E-state index contributed by atoms with van der Waals surface area (Å²) >= 11 is 0. The number of hydrogen-bond donors (Lipinski definition) is 2. The van der Waals surface area contributed by atoms with Crippen LogP contribution in [0.15, 0.2) is 24.5 Å². The van der Waals surface area contributed by atoms with Crippen molar-refractivity contribution in [3.05, 3.63) is 24.5 Å². The van der Waals surface area contributed by atoms with Gasteiger partial charge in [0.05, 0.1) is 0 Å². The highest BCUT2D eigenvalue weighted by molar-refractivity contribution is 6.35. The minimum atomic E-state index is -0.549. The highest BCUT2D eigenvalue weighted by atomic mass is 16.2. The minimum Gasteiger partial charge on any atom is -0.371 e. The van der Waals surface area contributed by atoms with E-state index in [-0.39, 0.29) is 0 Å². The largest absolute Gasteiger partial charge is 0.371 e. The van der Waals surface area contributed by atoms with Crippen molar-refractivity contribution >= 4 is 17.5 Å². The van der Waals surface area contributed by atoms with Gasteiger partial charge in [-0.1, -0.05) is 0 Å². The number of nitrogens with one attached hydrogen (secondary N) is 2. The molecule has 0 aromatic carbocycles. The van der Waals surface area contributed by atoms with E-state index in [0.29, 0.717) is 19.0 Å².